The number of hydrogen-bond donors (Lipinski definition) is 1. The molecule has 1 unspecified atom stereocenters. The fraction of sp³-hybridized carbons (Fsp3) is 0.900. The normalized spacial score (nSPS) is 16.3. The van der Waals surface area contributed by atoms with Gasteiger partial charge in [-0.2, -0.15) is 0 Å². The van der Waals surface area contributed by atoms with Crippen molar-refractivity contribution in [2.45, 2.75) is 57.3 Å². The van der Waals surface area contributed by atoms with Gasteiger partial charge in [-0.25, -0.2) is 0 Å². The molecule has 97 valence electrons. The molecule has 6 heteroatoms. The van der Waals surface area contributed by atoms with E-state index in [1.54, 1.807) is 0 Å². The quantitative estimate of drug-likeness (QED) is 0.570. The smallest absolute Gasteiger partial charge is 0.186 e. The van der Waals surface area contributed by atoms with Crippen molar-refractivity contribution in [3.05, 3.63) is 6.92 Å². The van der Waals surface area contributed by atoms with Crippen molar-refractivity contribution in [3.8, 4) is 0 Å². The van der Waals surface area contributed by atoms with Gasteiger partial charge < -0.3 is 14.0 Å². The molecule has 0 aliphatic heterocycles. The summed E-state index contributed by atoms with van der Waals surface area (Å²) in [4.78, 5) is 0. The first-order chi connectivity index (χ1) is 6.99. The molecular weight excluding hydrogens is 252 g/mol. The number of aliphatic hydroxyl groups is 1. The molecule has 3 nitrogen and oxygen atoms in total. The maximum Gasteiger partial charge on any atom is 0.186 e. The number of hydrogen-bond acceptors (Lipinski definition) is 3. The first-order valence-corrected chi connectivity index (χ1v) is 14.5. The first-order valence-electron chi connectivity index (χ1n) is 5.86. The Kier molecular flexibility index (Phi) is 6.67. The van der Waals surface area contributed by atoms with E-state index in [-0.39, 0.29) is 5.91 Å². The fourth-order valence-electron chi connectivity index (χ4n) is 1.26. The SMILES string of the molecule is [CH2]C(O)C[SiH2]C(O[Si](C)(C)C)O[Si](C)(C)C. The Balaban J connectivity index is 4.28. The van der Waals surface area contributed by atoms with Crippen molar-refractivity contribution in [2.24, 2.45) is 0 Å². The zero-order chi connectivity index (χ0) is 13.0. The van der Waals surface area contributed by atoms with Crippen molar-refractivity contribution >= 4 is 26.2 Å². The molecule has 0 rings (SSSR count). The molecule has 0 aromatic rings. The summed E-state index contributed by atoms with van der Waals surface area (Å²) in [7, 11) is -3.69. The van der Waals surface area contributed by atoms with Crippen molar-refractivity contribution in [1.29, 1.82) is 0 Å². The van der Waals surface area contributed by atoms with E-state index in [0.29, 0.717) is 0 Å². The molecule has 0 amide bonds. The Hall–Kier alpha value is 0.531. The molecule has 0 aliphatic rings. The highest BCUT2D eigenvalue weighted by Gasteiger charge is 2.26. The number of aliphatic hydroxyl groups excluding tert-OH is 1. The second-order valence-electron chi connectivity index (χ2n) is 6.12. The van der Waals surface area contributed by atoms with Crippen LogP contribution in [0.15, 0.2) is 0 Å². The summed E-state index contributed by atoms with van der Waals surface area (Å²) in [5.41, 5.74) is 0. The summed E-state index contributed by atoms with van der Waals surface area (Å²) < 4.78 is 12.1. The highest BCUT2D eigenvalue weighted by Crippen LogP contribution is 2.14. The van der Waals surface area contributed by atoms with Gasteiger partial charge in [0.2, 0.25) is 0 Å². The number of rotatable bonds is 7. The largest absolute Gasteiger partial charge is 0.398 e. The van der Waals surface area contributed by atoms with Crippen LogP contribution in [0.3, 0.4) is 0 Å². The van der Waals surface area contributed by atoms with E-state index in [2.05, 4.69) is 46.2 Å². The Morgan fingerprint density at radius 2 is 1.44 bits per heavy atom. The molecule has 0 saturated carbocycles. The van der Waals surface area contributed by atoms with Crippen LogP contribution in [0.4, 0.5) is 0 Å². The zero-order valence-corrected chi connectivity index (χ0v) is 15.0. The second kappa shape index (κ2) is 6.46. The maximum atomic E-state index is 9.23. The molecule has 0 heterocycles. The minimum absolute atomic E-state index is 0.0327. The van der Waals surface area contributed by atoms with Crippen molar-refractivity contribution in [3.63, 3.8) is 0 Å². The molecule has 0 spiro atoms. The van der Waals surface area contributed by atoms with Gasteiger partial charge in [0.05, 0.1) is 15.6 Å². The molecular formula is C10H27O3Si3. The van der Waals surface area contributed by atoms with Crippen LogP contribution in [0.25, 0.3) is 0 Å². The molecule has 16 heavy (non-hydrogen) atoms. The Bertz CT molecular complexity index is 180. The summed E-state index contributed by atoms with van der Waals surface area (Å²) in [6.45, 7) is 16.6. The average molecular weight is 280 g/mol. The summed E-state index contributed by atoms with van der Waals surface area (Å²) in [6, 6.07) is 0.764. The topological polar surface area (TPSA) is 38.7 Å². The Morgan fingerprint density at radius 1 is 1.06 bits per heavy atom. The van der Waals surface area contributed by atoms with E-state index >= 15 is 0 Å². The van der Waals surface area contributed by atoms with Gasteiger partial charge >= 0.3 is 0 Å². The molecule has 1 radical (unpaired) electrons. The van der Waals surface area contributed by atoms with Crippen LogP contribution in [-0.4, -0.2) is 43.3 Å². The van der Waals surface area contributed by atoms with E-state index in [1.165, 1.54) is 0 Å². The summed E-state index contributed by atoms with van der Waals surface area (Å²) in [5, 5.41) is 9.23. The third-order valence-corrected chi connectivity index (χ3v) is 6.12. The van der Waals surface area contributed by atoms with E-state index in [1.807, 2.05) is 0 Å². The third kappa shape index (κ3) is 11.0. The highest BCUT2D eigenvalue weighted by atomic mass is 28.4. The monoisotopic (exact) mass is 279 g/mol. The molecule has 1 N–H and O–H groups in total. The predicted molar refractivity (Wildman–Crippen MR) is 77.4 cm³/mol. The molecule has 1 atom stereocenters. The van der Waals surface area contributed by atoms with Gasteiger partial charge in [-0.1, -0.05) is 0 Å². The van der Waals surface area contributed by atoms with E-state index in [0.717, 1.165) is 6.04 Å². The van der Waals surface area contributed by atoms with Crippen molar-refractivity contribution < 1.29 is 14.0 Å². The van der Waals surface area contributed by atoms with E-state index in [4.69, 9.17) is 8.85 Å². The van der Waals surface area contributed by atoms with Crippen LogP contribution in [-0.2, 0) is 8.85 Å². The second-order valence-corrected chi connectivity index (χ2v) is 16.9. The molecule has 0 aromatic heterocycles. The Labute approximate surface area is 105 Å². The summed E-state index contributed by atoms with van der Waals surface area (Å²) >= 11 is 0. The van der Waals surface area contributed by atoms with Crippen LogP contribution in [0.2, 0.25) is 45.3 Å². The molecule has 0 aromatic carbocycles. The average Bonchev–Trinajstić information content (AvgIpc) is 1.93. The lowest BCUT2D eigenvalue weighted by atomic mass is 10.5. The predicted octanol–water partition coefficient (Wildman–Crippen LogP) is 1.76. The standard InChI is InChI=1S/C10H27O3Si3/c1-9(11)8-14-10(12-15(2,3)4)13-16(5,6)7/h9-11H,1,8,14H2,2-7H3. The third-order valence-electron chi connectivity index (χ3n) is 1.71. The van der Waals surface area contributed by atoms with Crippen molar-refractivity contribution in [1.82, 2.24) is 0 Å². The van der Waals surface area contributed by atoms with E-state index < -0.39 is 32.3 Å². The van der Waals surface area contributed by atoms with Gasteiger partial charge in [0.25, 0.3) is 0 Å². The molecule has 0 saturated heterocycles. The lowest BCUT2D eigenvalue weighted by Crippen LogP contribution is -2.43. The first kappa shape index (κ1) is 16.5. The minimum atomic E-state index is -1.56. The lowest BCUT2D eigenvalue weighted by molar-refractivity contribution is 0.0593. The van der Waals surface area contributed by atoms with Crippen LogP contribution < -0.4 is 0 Å². The molecule has 0 aliphatic carbocycles. The summed E-state index contributed by atoms with van der Waals surface area (Å²) in [6.07, 6.45) is -0.468. The fourth-order valence-corrected chi connectivity index (χ4v) is 7.63. The van der Waals surface area contributed by atoms with Gasteiger partial charge in [-0.05, 0) is 52.2 Å². The van der Waals surface area contributed by atoms with Crippen molar-refractivity contribution in [2.75, 3.05) is 0 Å². The minimum Gasteiger partial charge on any atom is -0.398 e. The van der Waals surface area contributed by atoms with Gasteiger partial charge in [-0.3, -0.25) is 0 Å². The molecule has 0 fully saturated rings. The Morgan fingerprint density at radius 3 is 1.69 bits per heavy atom. The van der Waals surface area contributed by atoms with Crippen LogP contribution in [0.5, 0.6) is 0 Å². The van der Waals surface area contributed by atoms with Crippen LogP contribution in [0, 0.1) is 6.92 Å². The van der Waals surface area contributed by atoms with E-state index in [9.17, 15) is 5.11 Å². The highest BCUT2D eigenvalue weighted by molar-refractivity contribution is 6.71. The van der Waals surface area contributed by atoms with Gasteiger partial charge in [0.1, 0.15) is 5.91 Å². The zero-order valence-electron chi connectivity index (χ0n) is 11.5. The van der Waals surface area contributed by atoms with Crippen LogP contribution in [0.1, 0.15) is 0 Å². The maximum absolute atomic E-state index is 9.23. The molecule has 0 bridgehead atoms. The van der Waals surface area contributed by atoms with Crippen LogP contribution >= 0.6 is 0 Å². The summed E-state index contributed by atoms with van der Waals surface area (Å²) in [5.74, 6) is -0.0327. The van der Waals surface area contributed by atoms with Gasteiger partial charge in [0, 0.05) is 0 Å². The van der Waals surface area contributed by atoms with Gasteiger partial charge in [0.15, 0.2) is 16.6 Å². The lowest BCUT2D eigenvalue weighted by Gasteiger charge is -2.31. The van der Waals surface area contributed by atoms with Gasteiger partial charge in [-0.15, -0.1) is 0 Å².